The molecule has 2 aromatic carbocycles. The summed E-state index contributed by atoms with van der Waals surface area (Å²) in [5, 5.41) is 7.72. The number of nitrogens with one attached hydrogen (secondary N) is 1. The van der Waals surface area contributed by atoms with Gasteiger partial charge in [0.1, 0.15) is 11.4 Å². The van der Waals surface area contributed by atoms with Crippen LogP contribution in [0.4, 0.5) is 5.69 Å². The monoisotopic (exact) mass is 407 g/mol. The van der Waals surface area contributed by atoms with E-state index in [1.54, 1.807) is 37.3 Å². The van der Waals surface area contributed by atoms with E-state index in [4.69, 9.17) is 27.9 Å². The molecule has 0 spiro atoms. The molecule has 0 aromatic heterocycles. The third-order valence-corrected chi connectivity index (χ3v) is 4.49. The Morgan fingerprint density at radius 1 is 1.22 bits per heavy atom. The lowest BCUT2D eigenvalue weighted by Crippen LogP contribution is -2.25. The number of rotatable bonds is 7. The van der Waals surface area contributed by atoms with Crippen LogP contribution in [0.3, 0.4) is 0 Å². The molecule has 2 aromatic rings. The lowest BCUT2D eigenvalue weighted by atomic mass is 9.99. The maximum atomic E-state index is 12.0. The molecule has 142 valence electrons. The number of amides is 1. The van der Waals surface area contributed by atoms with Crippen molar-refractivity contribution in [2.24, 2.45) is 10.3 Å². The van der Waals surface area contributed by atoms with Crippen molar-refractivity contribution in [3.05, 3.63) is 62.0 Å². The Labute approximate surface area is 167 Å². The molecule has 0 aliphatic rings. The molecule has 0 saturated heterocycles. The smallest absolute Gasteiger partial charge is 0.277 e. The number of nitroso groups, excluding NO2 is 1. The number of ether oxygens (including phenoxy) is 1. The first-order chi connectivity index (χ1) is 12.8. The predicted octanol–water partition coefficient (Wildman–Crippen LogP) is 5.35. The van der Waals surface area contributed by atoms with Gasteiger partial charge in [-0.1, -0.05) is 43.1 Å². The van der Waals surface area contributed by atoms with Gasteiger partial charge in [-0.25, -0.2) is 5.43 Å². The topological polar surface area (TPSA) is 80.1 Å². The molecular formula is C19H19Cl2N3O3. The molecule has 0 unspecified atom stereocenters. The van der Waals surface area contributed by atoms with Gasteiger partial charge in [0.15, 0.2) is 6.61 Å². The van der Waals surface area contributed by atoms with Gasteiger partial charge in [-0.15, -0.1) is 4.91 Å². The van der Waals surface area contributed by atoms with Gasteiger partial charge in [-0.05, 0) is 59.0 Å². The molecule has 0 bridgehead atoms. The SMILES string of the molecule is Cc1cc(OCC(=O)N/N=C/c2ccc(Cl)c(Cl)c2)c(C(C)C)cc1N=O. The van der Waals surface area contributed by atoms with E-state index < -0.39 is 5.91 Å². The van der Waals surface area contributed by atoms with Crippen molar-refractivity contribution in [1.29, 1.82) is 0 Å². The lowest BCUT2D eigenvalue weighted by Gasteiger charge is -2.15. The zero-order chi connectivity index (χ0) is 20.0. The zero-order valence-electron chi connectivity index (χ0n) is 15.1. The van der Waals surface area contributed by atoms with Crippen LogP contribution in [0.1, 0.15) is 36.5 Å². The number of carbonyl (C=O) groups is 1. The molecule has 8 heteroatoms. The van der Waals surface area contributed by atoms with Crippen LogP contribution in [-0.4, -0.2) is 18.7 Å². The summed E-state index contributed by atoms with van der Waals surface area (Å²) in [6.45, 7) is 5.47. The predicted molar refractivity (Wildman–Crippen MR) is 108 cm³/mol. The normalized spacial score (nSPS) is 11.0. The van der Waals surface area contributed by atoms with Gasteiger partial charge >= 0.3 is 0 Å². The average molecular weight is 408 g/mol. The summed E-state index contributed by atoms with van der Waals surface area (Å²) >= 11 is 11.8. The Hall–Kier alpha value is -2.44. The molecule has 2 rings (SSSR count). The fourth-order valence-electron chi connectivity index (χ4n) is 2.31. The first-order valence-electron chi connectivity index (χ1n) is 8.19. The summed E-state index contributed by atoms with van der Waals surface area (Å²) in [5.41, 5.74) is 4.93. The molecule has 1 N–H and O–H groups in total. The average Bonchev–Trinajstić information content (AvgIpc) is 2.62. The van der Waals surface area contributed by atoms with Gasteiger partial charge < -0.3 is 4.74 Å². The van der Waals surface area contributed by atoms with E-state index in [1.165, 1.54) is 6.21 Å². The minimum absolute atomic E-state index is 0.108. The number of hydrogen-bond acceptors (Lipinski definition) is 5. The number of halogens is 2. The van der Waals surface area contributed by atoms with Gasteiger partial charge in [0.2, 0.25) is 0 Å². The Morgan fingerprint density at radius 3 is 2.59 bits per heavy atom. The summed E-state index contributed by atoms with van der Waals surface area (Å²) in [6.07, 6.45) is 1.45. The first-order valence-corrected chi connectivity index (χ1v) is 8.95. The molecule has 0 fully saturated rings. The van der Waals surface area contributed by atoms with Crippen molar-refractivity contribution in [2.75, 3.05) is 6.61 Å². The van der Waals surface area contributed by atoms with Crippen LogP contribution in [0, 0.1) is 11.8 Å². The number of benzene rings is 2. The molecule has 0 heterocycles. The van der Waals surface area contributed by atoms with E-state index in [-0.39, 0.29) is 12.5 Å². The van der Waals surface area contributed by atoms with E-state index in [9.17, 15) is 9.70 Å². The van der Waals surface area contributed by atoms with Crippen LogP contribution >= 0.6 is 23.2 Å². The van der Waals surface area contributed by atoms with Crippen LogP contribution in [0.15, 0.2) is 40.6 Å². The number of carbonyl (C=O) groups excluding carboxylic acids is 1. The van der Waals surface area contributed by atoms with Gasteiger partial charge in [0.25, 0.3) is 5.91 Å². The van der Waals surface area contributed by atoms with Crippen LogP contribution in [0.5, 0.6) is 5.75 Å². The Balaban J connectivity index is 1.99. The standard InChI is InChI=1S/C19H19Cl2N3O3/c1-11(2)14-8-17(24-26)12(3)6-18(14)27-10-19(25)23-22-9-13-4-5-15(20)16(21)7-13/h4-9,11H,10H2,1-3H3,(H,23,25)/b22-9+. The van der Waals surface area contributed by atoms with E-state index in [1.807, 2.05) is 13.8 Å². The summed E-state index contributed by atoms with van der Waals surface area (Å²) in [7, 11) is 0. The molecule has 1 amide bonds. The Morgan fingerprint density at radius 2 is 1.96 bits per heavy atom. The van der Waals surface area contributed by atoms with Crippen LogP contribution in [0.2, 0.25) is 10.0 Å². The summed E-state index contributed by atoms with van der Waals surface area (Å²) in [4.78, 5) is 22.8. The number of aryl methyl sites for hydroxylation is 1. The number of nitrogens with zero attached hydrogens (tertiary/aromatic N) is 2. The highest BCUT2D eigenvalue weighted by atomic mass is 35.5. The lowest BCUT2D eigenvalue weighted by molar-refractivity contribution is -0.123. The third kappa shape index (κ3) is 5.77. The van der Waals surface area contributed by atoms with Crippen LogP contribution < -0.4 is 10.2 Å². The number of hydrogen-bond donors (Lipinski definition) is 1. The third-order valence-electron chi connectivity index (χ3n) is 3.75. The van der Waals surface area contributed by atoms with Gasteiger partial charge in [-0.3, -0.25) is 4.79 Å². The van der Waals surface area contributed by atoms with Crippen molar-refractivity contribution in [3.8, 4) is 5.75 Å². The summed E-state index contributed by atoms with van der Waals surface area (Å²) < 4.78 is 5.61. The van der Waals surface area contributed by atoms with Gasteiger partial charge in [0, 0.05) is 0 Å². The van der Waals surface area contributed by atoms with Crippen molar-refractivity contribution < 1.29 is 9.53 Å². The molecular weight excluding hydrogens is 389 g/mol. The largest absolute Gasteiger partial charge is 0.483 e. The minimum atomic E-state index is -0.420. The van der Waals surface area contributed by atoms with E-state index in [2.05, 4.69) is 15.7 Å². The molecule has 0 aliphatic carbocycles. The van der Waals surface area contributed by atoms with Crippen molar-refractivity contribution in [1.82, 2.24) is 5.43 Å². The second-order valence-corrected chi connectivity index (χ2v) is 6.99. The highest BCUT2D eigenvalue weighted by Crippen LogP contribution is 2.33. The van der Waals surface area contributed by atoms with Crippen LogP contribution in [0.25, 0.3) is 0 Å². The van der Waals surface area contributed by atoms with E-state index in [0.717, 1.165) is 5.56 Å². The van der Waals surface area contributed by atoms with E-state index in [0.29, 0.717) is 32.6 Å². The Bertz CT molecular complexity index is 883. The maximum absolute atomic E-state index is 12.0. The molecule has 0 atom stereocenters. The highest BCUT2D eigenvalue weighted by Gasteiger charge is 2.13. The summed E-state index contributed by atoms with van der Waals surface area (Å²) in [6, 6.07) is 8.39. The molecule has 6 nitrogen and oxygen atoms in total. The fraction of sp³-hybridized carbons (Fsp3) is 0.263. The highest BCUT2D eigenvalue weighted by molar-refractivity contribution is 6.42. The Kier molecular flexibility index (Phi) is 7.33. The van der Waals surface area contributed by atoms with E-state index >= 15 is 0 Å². The van der Waals surface area contributed by atoms with Gasteiger partial charge in [0.05, 0.1) is 16.3 Å². The molecule has 0 aliphatic heterocycles. The quantitative estimate of drug-likeness (QED) is 0.381. The van der Waals surface area contributed by atoms with Crippen molar-refractivity contribution in [2.45, 2.75) is 26.7 Å². The number of hydrazone groups is 1. The first kappa shape index (κ1) is 20.9. The second-order valence-electron chi connectivity index (χ2n) is 6.18. The zero-order valence-corrected chi connectivity index (χ0v) is 16.6. The minimum Gasteiger partial charge on any atom is -0.483 e. The molecule has 0 radical (unpaired) electrons. The molecule has 0 saturated carbocycles. The maximum Gasteiger partial charge on any atom is 0.277 e. The van der Waals surface area contributed by atoms with Crippen molar-refractivity contribution >= 4 is 41.0 Å². The van der Waals surface area contributed by atoms with Gasteiger partial charge in [-0.2, -0.15) is 5.10 Å². The van der Waals surface area contributed by atoms with Crippen molar-refractivity contribution in [3.63, 3.8) is 0 Å². The molecule has 27 heavy (non-hydrogen) atoms. The second kappa shape index (κ2) is 9.48. The summed E-state index contributed by atoms with van der Waals surface area (Å²) in [5.74, 6) is 0.228. The fourth-order valence-corrected chi connectivity index (χ4v) is 2.61. The van der Waals surface area contributed by atoms with Crippen LogP contribution in [-0.2, 0) is 4.79 Å².